The number of hydrogen-bond donors (Lipinski definition) is 0. The maximum Gasteiger partial charge on any atom is 0.0304 e. The van der Waals surface area contributed by atoms with Crippen LogP contribution in [0.5, 0.6) is 0 Å². The molecular formula is C10H17N. The minimum atomic E-state index is 0.725. The van der Waals surface area contributed by atoms with Crippen LogP contribution in [0.3, 0.4) is 0 Å². The standard InChI is InChI=1S/C10H17N/c1-8(2)10-7-9-3-5-11(10)6-4-9/h9-10H,1,3-7H2,2H3. The van der Waals surface area contributed by atoms with Gasteiger partial charge in [-0.15, -0.1) is 0 Å². The third-order valence-electron chi connectivity index (χ3n) is 3.22. The van der Waals surface area contributed by atoms with E-state index in [4.69, 9.17) is 0 Å². The predicted octanol–water partition coefficient (Wildman–Crippen LogP) is 2.05. The van der Waals surface area contributed by atoms with Crippen molar-refractivity contribution in [1.82, 2.24) is 4.90 Å². The average molecular weight is 151 g/mol. The molecule has 1 unspecified atom stereocenters. The number of hydrogen-bond acceptors (Lipinski definition) is 1. The number of piperidine rings is 3. The summed E-state index contributed by atoms with van der Waals surface area (Å²) in [6.07, 6.45) is 4.25. The first kappa shape index (κ1) is 7.35. The summed E-state index contributed by atoms with van der Waals surface area (Å²) in [6, 6.07) is 0.725. The van der Waals surface area contributed by atoms with Gasteiger partial charge in [0, 0.05) is 6.04 Å². The molecule has 0 aromatic rings. The fourth-order valence-corrected chi connectivity index (χ4v) is 2.48. The highest BCUT2D eigenvalue weighted by molar-refractivity contribution is 5.07. The number of fused-ring (bicyclic) bond motifs is 3. The minimum Gasteiger partial charge on any atom is -0.297 e. The molecule has 3 aliphatic heterocycles. The van der Waals surface area contributed by atoms with Crippen molar-refractivity contribution < 1.29 is 0 Å². The Labute approximate surface area is 69.1 Å². The normalized spacial score (nSPS) is 42.5. The van der Waals surface area contributed by atoms with Crippen LogP contribution in [0.25, 0.3) is 0 Å². The van der Waals surface area contributed by atoms with Gasteiger partial charge in [0.2, 0.25) is 0 Å². The van der Waals surface area contributed by atoms with Gasteiger partial charge in [0.1, 0.15) is 0 Å². The third kappa shape index (κ3) is 1.22. The lowest BCUT2D eigenvalue weighted by atomic mass is 9.81. The van der Waals surface area contributed by atoms with Gasteiger partial charge in [-0.1, -0.05) is 12.2 Å². The largest absolute Gasteiger partial charge is 0.297 e. The van der Waals surface area contributed by atoms with Crippen LogP contribution in [0.2, 0.25) is 0 Å². The first-order chi connectivity index (χ1) is 5.27. The van der Waals surface area contributed by atoms with Crippen molar-refractivity contribution in [3.63, 3.8) is 0 Å². The van der Waals surface area contributed by atoms with Crippen molar-refractivity contribution in [3.8, 4) is 0 Å². The van der Waals surface area contributed by atoms with E-state index in [1.54, 1.807) is 0 Å². The summed E-state index contributed by atoms with van der Waals surface area (Å²) < 4.78 is 0. The summed E-state index contributed by atoms with van der Waals surface area (Å²) in [4.78, 5) is 2.60. The molecule has 3 fully saturated rings. The van der Waals surface area contributed by atoms with Crippen LogP contribution in [0.4, 0.5) is 0 Å². The maximum atomic E-state index is 4.06. The highest BCUT2D eigenvalue weighted by Gasteiger charge is 2.33. The Kier molecular flexibility index (Phi) is 1.76. The topological polar surface area (TPSA) is 3.24 Å². The Balaban J connectivity index is 2.08. The van der Waals surface area contributed by atoms with Crippen LogP contribution >= 0.6 is 0 Å². The molecule has 0 aliphatic carbocycles. The second-order valence-electron chi connectivity index (χ2n) is 4.08. The second-order valence-corrected chi connectivity index (χ2v) is 4.08. The second kappa shape index (κ2) is 2.63. The van der Waals surface area contributed by atoms with Crippen molar-refractivity contribution in [3.05, 3.63) is 12.2 Å². The fourth-order valence-electron chi connectivity index (χ4n) is 2.48. The first-order valence-corrected chi connectivity index (χ1v) is 4.67. The average Bonchev–Trinajstić information content (AvgIpc) is 2.06. The predicted molar refractivity (Wildman–Crippen MR) is 47.5 cm³/mol. The van der Waals surface area contributed by atoms with Crippen molar-refractivity contribution in [1.29, 1.82) is 0 Å². The molecule has 1 nitrogen and oxygen atoms in total. The zero-order chi connectivity index (χ0) is 7.84. The molecule has 62 valence electrons. The van der Waals surface area contributed by atoms with E-state index in [-0.39, 0.29) is 0 Å². The highest BCUT2D eigenvalue weighted by atomic mass is 15.2. The lowest BCUT2D eigenvalue weighted by Gasteiger charge is -2.45. The maximum absolute atomic E-state index is 4.06. The molecule has 11 heavy (non-hydrogen) atoms. The molecule has 0 aromatic heterocycles. The van der Waals surface area contributed by atoms with Gasteiger partial charge in [0.15, 0.2) is 0 Å². The molecule has 3 aliphatic rings. The summed E-state index contributed by atoms with van der Waals surface area (Å²) in [5, 5.41) is 0. The van der Waals surface area contributed by atoms with Crippen molar-refractivity contribution in [2.24, 2.45) is 5.92 Å². The molecule has 0 amide bonds. The van der Waals surface area contributed by atoms with Gasteiger partial charge in [-0.25, -0.2) is 0 Å². The van der Waals surface area contributed by atoms with Crippen LogP contribution in [0.15, 0.2) is 12.2 Å². The Morgan fingerprint density at radius 3 is 2.27 bits per heavy atom. The molecule has 2 bridgehead atoms. The monoisotopic (exact) mass is 151 g/mol. The van der Waals surface area contributed by atoms with Gasteiger partial charge in [0.05, 0.1) is 0 Å². The van der Waals surface area contributed by atoms with Crippen molar-refractivity contribution >= 4 is 0 Å². The zero-order valence-electron chi connectivity index (χ0n) is 7.34. The van der Waals surface area contributed by atoms with E-state index in [1.165, 1.54) is 37.9 Å². The van der Waals surface area contributed by atoms with Crippen molar-refractivity contribution in [2.45, 2.75) is 32.2 Å². The SMILES string of the molecule is C=C(C)C1CC2CCN1CC2. The van der Waals surface area contributed by atoms with E-state index < -0.39 is 0 Å². The van der Waals surface area contributed by atoms with E-state index in [9.17, 15) is 0 Å². The summed E-state index contributed by atoms with van der Waals surface area (Å²) in [5.74, 6) is 1.02. The van der Waals surface area contributed by atoms with Gasteiger partial charge in [0.25, 0.3) is 0 Å². The Bertz CT molecular complexity index is 166. The van der Waals surface area contributed by atoms with Gasteiger partial charge in [-0.05, 0) is 45.2 Å². The molecule has 0 aromatic carbocycles. The van der Waals surface area contributed by atoms with Crippen LogP contribution in [0.1, 0.15) is 26.2 Å². The van der Waals surface area contributed by atoms with E-state index in [2.05, 4.69) is 18.4 Å². The molecule has 0 N–H and O–H groups in total. The van der Waals surface area contributed by atoms with Gasteiger partial charge in [-0.3, -0.25) is 4.90 Å². The van der Waals surface area contributed by atoms with Gasteiger partial charge < -0.3 is 0 Å². The van der Waals surface area contributed by atoms with E-state index in [1.807, 2.05) is 0 Å². The van der Waals surface area contributed by atoms with E-state index in [0.29, 0.717) is 0 Å². The molecule has 3 heterocycles. The molecule has 0 radical (unpaired) electrons. The van der Waals surface area contributed by atoms with Crippen LogP contribution in [-0.2, 0) is 0 Å². The Morgan fingerprint density at radius 1 is 1.36 bits per heavy atom. The summed E-state index contributed by atoms with van der Waals surface area (Å²) >= 11 is 0. The van der Waals surface area contributed by atoms with Crippen molar-refractivity contribution in [2.75, 3.05) is 13.1 Å². The first-order valence-electron chi connectivity index (χ1n) is 4.67. The number of rotatable bonds is 1. The summed E-state index contributed by atoms with van der Waals surface area (Å²) in [6.45, 7) is 8.87. The highest BCUT2D eigenvalue weighted by Crippen LogP contribution is 2.34. The molecule has 3 saturated heterocycles. The number of nitrogens with zero attached hydrogens (tertiary/aromatic N) is 1. The quantitative estimate of drug-likeness (QED) is 0.518. The molecule has 3 rings (SSSR count). The zero-order valence-corrected chi connectivity index (χ0v) is 7.34. The lowest BCUT2D eigenvalue weighted by molar-refractivity contribution is 0.0681. The smallest absolute Gasteiger partial charge is 0.0304 e. The molecule has 1 atom stereocenters. The molecule has 0 spiro atoms. The molecule has 1 heteroatoms. The Hall–Kier alpha value is -0.300. The van der Waals surface area contributed by atoms with Gasteiger partial charge in [-0.2, -0.15) is 0 Å². The van der Waals surface area contributed by atoms with E-state index in [0.717, 1.165) is 12.0 Å². The Morgan fingerprint density at radius 2 is 2.00 bits per heavy atom. The van der Waals surface area contributed by atoms with Gasteiger partial charge >= 0.3 is 0 Å². The van der Waals surface area contributed by atoms with Crippen LogP contribution < -0.4 is 0 Å². The molecular weight excluding hydrogens is 134 g/mol. The summed E-state index contributed by atoms with van der Waals surface area (Å²) in [7, 11) is 0. The molecule has 0 saturated carbocycles. The summed E-state index contributed by atoms with van der Waals surface area (Å²) in [5.41, 5.74) is 1.37. The van der Waals surface area contributed by atoms with E-state index >= 15 is 0 Å². The lowest BCUT2D eigenvalue weighted by Crippen LogP contribution is -2.48. The third-order valence-corrected chi connectivity index (χ3v) is 3.22. The van der Waals surface area contributed by atoms with Crippen LogP contribution in [-0.4, -0.2) is 24.0 Å². The fraction of sp³-hybridized carbons (Fsp3) is 0.800. The minimum absolute atomic E-state index is 0.725. The van der Waals surface area contributed by atoms with Crippen LogP contribution in [0, 0.1) is 5.92 Å².